The number of hydrogen-bond acceptors (Lipinski definition) is 0. The van der Waals surface area contributed by atoms with Crippen LogP contribution in [0.2, 0.25) is 0 Å². The molecule has 0 heterocycles. The van der Waals surface area contributed by atoms with E-state index in [-0.39, 0.29) is 0 Å². The van der Waals surface area contributed by atoms with Crippen LogP contribution in [0.5, 0.6) is 0 Å². The van der Waals surface area contributed by atoms with Gasteiger partial charge in [0.05, 0.1) is 0 Å². The minimum Gasteiger partial charge on any atom is -0.0984 e. The van der Waals surface area contributed by atoms with Crippen LogP contribution in [0, 0.1) is 20.8 Å². The minimum atomic E-state index is 0.382. The fourth-order valence-electron chi connectivity index (χ4n) is 12.2. The van der Waals surface area contributed by atoms with Crippen molar-refractivity contribution in [2.24, 2.45) is 0 Å². The molecule has 13 rings (SSSR count). The Labute approximate surface area is 363 Å². The summed E-state index contributed by atoms with van der Waals surface area (Å²) < 4.78 is 0. The largest absolute Gasteiger partial charge is 0.0984 e. The first-order valence-electron chi connectivity index (χ1n) is 22.1. The monoisotopic (exact) mass is 788 g/mol. The van der Waals surface area contributed by atoms with E-state index in [9.17, 15) is 0 Å². The average Bonchev–Trinajstić information content (AvgIpc) is 3.59. The molecule has 4 aliphatic rings. The third-order valence-electron chi connectivity index (χ3n) is 14.9. The maximum Gasteiger partial charge on any atom is 0.00683 e. The molecule has 1 atom stereocenters. The average molecular weight is 789 g/mol. The van der Waals surface area contributed by atoms with E-state index in [2.05, 4.69) is 185 Å². The molecule has 0 nitrogen and oxygen atoms in total. The number of benzene rings is 9. The van der Waals surface area contributed by atoms with Crippen LogP contribution in [0.1, 0.15) is 67.1 Å². The van der Waals surface area contributed by atoms with E-state index in [1.165, 1.54) is 150 Å². The van der Waals surface area contributed by atoms with E-state index in [1.54, 1.807) is 0 Å². The van der Waals surface area contributed by atoms with Gasteiger partial charge in [0, 0.05) is 5.92 Å². The first-order valence-corrected chi connectivity index (χ1v) is 22.1. The normalized spacial score (nSPS) is 14.8. The standard InChI is InChI=1S/C62H44/c1-6-40-51-31-39-32-53-45(41-19-10-7-16-34(41)2)28-29-48(42-20-11-8-17-35(42)3)59(53)50-25-15-24-47(58(39)50)52(51)33-55-56(40)37(5)57-61-46-23-14-13-22-44(46)38-26-27-49(54(61)30-38)60(62(55)57)43-21-12-9-18-36(43)4/h6-29,31,33,38H,1,5,30,32H2,2-4H3. The molecule has 1 unspecified atom stereocenters. The van der Waals surface area contributed by atoms with Crippen molar-refractivity contribution in [3.05, 3.63) is 220 Å². The predicted molar refractivity (Wildman–Crippen MR) is 265 cm³/mol. The summed E-state index contributed by atoms with van der Waals surface area (Å²) >= 11 is 0. The van der Waals surface area contributed by atoms with Gasteiger partial charge in [-0.05, 0) is 201 Å². The van der Waals surface area contributed by atoms with Gasteiger partial charge in [-0.2, -0.15) is 0 Å². The Hall–Kier alpha value is -7.28. The number of allylic oxidation sites excluding steroid dienone is 1. The third-order valence-corrected chi connectivity index (χ3v) is 14.9. The molecule has 0 spiro atoms. The summed E-state index contributed by atoms with van der Waals surface area (Å²) in [5.74, 6) is 0.382. The quantitative estimate of drug-likeness (QED) is 0.156. The molecule has 0 fully saturated rings. The molecule has 0 saturated heterocycles. The number of fused-ring (bicyclic) bond motifs is 12. The molecule has 62 heavy (non-hydrogen) atoms. The molecule has 4 aliphatic carbocycles. The van der Waals surface area contributed by atoms with Crippen LogP contribution in [0.3, 0.4) is 0 Å². The summed E-state index contributed by atoms with van der Waals surface area (Å²) in [6.45, 7) is 16.4. The van der Waals surface area contributed by atoms with Gasteiger partial charge in [-0.15, -0.1) is 0 Å². The van der Waals surface area contributed by atoms with Crippen LogP contribution in [-0.4, -0.2) is 0 Å². The topological polar surface area (TPSA) is 0 Å². The summed E-state index contributed by atoms with van der Waals surface area (Å²) in [4.78, 5) is 0. The molecule has 2 bridgehead atoms. The van der Waals surface area contributed by atoms with Crippen molar-refractivity contribution in [3.8, 4) is 66.8 Å². The van der Waals surface area contributed by atoms with E-state index < -0.39 is 0 Å². The number of hydrogen-bond donors (Lipinski definition) is 0. The van der Waals surface area contributed by atoms with Crippen molar-refractivity contribution in [1.82, 2.24) is 0 Å². The highest BCUT2D eigenvalue weighted by molar-refractivity contribution is 6.23. The zero-order valence-corrected chi connectivity index (χ0v) is 35.4. The van der Waals surface area contributed by atoms with Crippen LogP contribution < -0.4 is 0 Å². The first kappa shape index (κ1) is 35.5. The molecule has 0 aromatic heterocycles. The van der Waals surface area contributed by atoms with Crippen molar-refractivity contribution in [2.45, 2.75) is 39.5 Å². The number of rotatable bonds is 4. The van der Waals surface area contributed by atoms with Crippen LogP contribution in [0.25, 0.3) is 106 Å². The molecule has 9 aromatic carbocycles. The summed E-state index contributed by atoms with van der Waals surface area (Å²) in [6.07, 6.45) is 8.87. The molecular formula is C62H44. The van der Waals surface area contributed by atoms with Crippen LogP contribution in [0.15, 0.2) is 159 Å². The van der Waals surface area contributed by atoms with E-state index in [1.807, 2.05) is 0 Å². The zero-order chi connectivity index (χ0) is 41.5. The second-order valence-corrected chi connectivity index (χ2v) is 18.0. The second-order valence-electron chi connectivity index (χ2n) is 18.0. The molecule has 9 aromatic rings. The summed E-state index contributed by atoms with van der Waals surface area (Å²) in [5, 5.41) is 5.18. The van der Waals surface area contributed by atoms with Crippen molar-refractivity contribution in [1.29, 1.82) is 0 Å². The van der Waals surface area contributed by atoms with Crippen molar-refractivity contribution < 1.29 is 0 Å². The van der Waals surface area contributed by atoms with E-state index in [0.717, 1.165) is 18.4 Å². The van der Waals surface area contributed by atoms with Crippen LogP contribution in [-0.2, 0) is 12.8 Å². The predicted octanol–water partition coefficient (Wildman–Crippen LogP) is 16.5. The van der Waals surface area contributed by atoms with Crippen LogP contribution >= 0.6 is 0 Å². The SMILES string of the molecule is C=Cc1c2c(cc3c1cc1c4c(cccc43)-c3c(-c4ccccc4C)ccc(-c4ccccc4C)c3C1)-c1c(c3c4c(c1-c1ccccc1C)C=CC(C4)c1ccccc1-3)C2=C. The maximum atomic E-state index is 5.05. The highest BCUT2D eigenvalue weighted by Gasteiger charge is 2.39. The van der Waals surface area contributed by atoms with Gasteiger partial charge < -0.3 is 0 Å². The molecule has 0 radical (unpaired) electrons. The Bertz CT molecular complexity index is 3580. The van der Waals surface area contributed by atoms with Gasteiger partial charge in [-0.25, -0.2) is 0 Å². The van der Waals surface area contributed by atoms with Gasteiger partial charge in [0.25, 0.3) is 0 Å². The Morgan fingerprint density at radius 2 is 1.13 bits per heavy atom. The summed E-state index contributed by atoms with van der Waals surface area (Å²) in [5.41, 5.74) is 31.5. The molecule has 0 aliphatic heterocycles. The van der Waals surface area contributed by atoms with Crippen LogP contribution in [0.4, 0.5) is 0 Å². The van der Waals surface area contributed by atoms with E-state index in [4.69, 9.17) is 6.58 Å². The van der Waals surface area contributed by atoms with Gasteiger partial charge in [0.1, 0.15) is 0 Å². The smallest absolute Gasteiger partial charge is 0.00683 e. The Morgan fingerprint density at radius 1 is 0.484 bits per heavy atom. The molecule has 0 amide bonds. The van der Waals surface area contributed by atoms with E-state index >= 15 is 0 Å². The Kier molecular flexibility index (Phi) is 7.36. The first-order chi connectivity index (χ1) is 30.4. The molecule has 0 N–H and O–H groups in total. The van der Waals surface area contributed by atoms with Gasteiger partial charge in [0.2, 0.25) is 0 Å². The van der Waals surface area contributed by atoms with Crippen molar-refractivity contribution in [2.75, 3.05) is 0 Å². The summed E-state index contributed by atoms with van der Waals surface area (Å²) in [7, 11) is 0. The molecular weight excluding hydrogens is 745 g/mol. The third kappa shape index (κ3) is 4.62. The minimum absolute atomic E-state index is 0.382. The van der Waals surface area contributed by atoms with E-state index in [0.29, 0.717) is 5.92 Å². The molecule has 0 saturated carbocycles. The van der Waals surface area contributed by atoms with Crippen molar-refractivity contribution in [3.63, 3.8) is 0 Å². The lowest BCUT2D eigenvalue weighted by Gasteiger charge is -2.34. The Morgan fingerprint density at radius 3 is 1.85 bits per heavy atom. The fraction of sp³-hybridized carbons (Fsp3) is 0.0968. The van der Waals surface area contributed by atoms with Crippen molar-refractivity contribution >= 4 is 39.3 Å². The lowest BCUT2D eigenvalue weighted by Crippen LogP contribution is -2.16. The highest BCUT2D eigenvalue weighted by atomic mass is 14.4. The van der Waals surface area contributed by atoms with Gasteiger partial charge in [0.15, 0.2) is 0 Å². The lowest BCUT2D eigenvalue weighted by molar-refractivity contribution is 0.814. The lowest BCUT2D eigenvalue weighted by atomic mass is 9.69. The van der Waals surface area contributed by atoms with Gasteiger partial charge >= 0.3 is 0 Å². The fourth-order valence-corrected chi connectivity index (χ4v) is 12.2. The molecule has 292 valence electrons. The van der Waals surface area contributed by atoms with Gasteiger partial charge in [-0.1, -0.05) is 159 Å². The summed E-state index contributed by atoms with van der Waals surface area (Å²) in [6, 6.07) is 52.7. The highest BCUT2D eigenvalue weighted by Crippen LogP contribution is 2.61. The second kappa shape index (κ2) is 12.9. The Balaban J connectivity index is 1.15. The number of aryl methyl sites for hydroxylation is 3. The van der Waals surface area contributed by atoms with Gasteiger partial charge in [-0.3, -0.25) is 0 Å². The maximum absolute atomic E-state index is 5.05. The zero-order valence-electron chi connectivity index (χ0n) is 35.4. The molecule has 0 heteroatoms.